The first-order chi connectivity index (χ1) is 37.3. The van der Waals surface area contributed by atoms with Crippen molar-refractivity contribution in [3.63, 3.8) is 0 Å². The van der Waals surface area contributed by atoms with E-state index < -0.39 is 0 Å². The number of nitrogens with zero attached hydrogens (tertiary/aromatic N) is 5. The molecular formula is C74H116N5Y. The summed E-state index contributed by atoms with van der Waals surface area (Å²) >= 11 is 0. The van der Waals surface area contributed by atoms with Gasteiger partial charge in [-0.1, -0.05) is 259 Å². The second-order valence-corrected chi connectivity index (χ2v) is 25.0. The van der Waals surface area contributed by atoms with Crippen LogP contribution in [0.3, 0.4) is 0 Å². The average molecular weight is 1160 g/mol. The molecule has 0 aliphatic rings. The molecule has 0 N–H and O–H groups in total. The van der Waals surface area contributed by atoms with Crippen molar-refractivity contribution in [2.75, 3.05) is 26.2 Å². The SMILES string of the molecule is C=C([CH-]C(C)=Nc1c(C(C)C)cccc1C(C)C)[N-]c1c(C(C)C)cccc1C(C)C.C=C([CH-]C(C)=Nc1c(C(C)C)cccc1C(C)C)[N-]c1c(C(C)C)cccc1C(C)C.CCCC[N+](CCCC)(CCCC)CCCC.[Y+3]. The summed E-state index contributed by atoms with van der Waals surface area (Å²) in [5.74, 6) is 3.32. The van der Waals surface area contributed by atoms with E-state index in [9.17, 15) is 0 Å². The minimum atomic E-state index is 0. The fourth-order valence-electron chi connectivity index (χ4n) is 10.5. The fraction of sp³-hybridized carbons (Fsp3) is 0.568. The van der Waals surface area contributed by atoms with Crippen LogP contribution in [0.25, 0.3) is 10.6 Å². The summed E-state index contributed by atoms with van der Waals surface area (Å²) in [4.78, 5) is 10.1. The van der Waals surface area contributed by atoms with Gasteiger partial charge in [-0.2, -0.15) is 0 Å². The number of hydrogen-bond donors (Lipinski definition) is 0. The van der Waals surface area contributed by atoms with Crippen LogP contribution in [-0.4, -0.2) is 42.1 Å². The summed E-state index contributed by atoms with van der Waals surface area (Å²) < 4.78 is 1.42. The third-order valence-electron chi connectivity index (χ3n) is 15.2. The minimum Gasteiger partial charge on any atom is -0.688 e. The summed E-state index contributed by atoms with van der Waals surface area (Å²) in [6, 6.07) is 26.0. The van der Waals surface area contributed by atoms with Crippen LogP contribution >= 0.6 is 0 Å². The molecule has 0 unspecified atom stereocenters. The van der Waals surface area contributed by atoms with Crippen molar-refractivity contribution in [3.05, 3.63) is 165 Å². The first-order valence-electron chi connectivity index (χ1n) is 31.3. The molecule has 0 aliphatic carbocycles. The van der Waals surface area contributed by atoms with E-state index in [1.165, 1.54) is 127 Å². The molecule has 0 amide bonds. The van der Waals surface area contributed by atoms with E-state index in [4.69, 9.17) is 20.6 Å². The zero-order valence-electron chi connectivity index (χ0n) is 55.4. The summed E-state index contributed by atoms with van der Waals surface area (Å²) in [7, 11) is 0. The maximum absolute atomic E-state index is 5.04. The largest absolute Gasteiger partial charge is 3.00 e. The molecule has 4 rings (SSSR count). The number of para-hydroxylation sites is 4. The standard InChI is InChI=1S/2C29H40N2.C16H36N.Y/c2*1-18(2)24-13-11-14-25(19(3)4)28(24)30-22(9)17-23(10)31-29-26(20(5)6)15-12-16-27(29)21(7)8;1-5-9-13-17(14-10-6-2,15-11-7-3)16-12-8-4;/h2*11-21H,9H2,1-8,10H3;5-16H2,1-4H3;/q2*-2;+1;+3. The van der Waals surface area contributed by atoms with Crippen molar-refractivity contribution < 1.29 is 37.2 Å². The molecular weight excluding hydrogens is 1050 g/mol. The third-order valence-corrected chi connectivity index (χ3v) is 15.2. The monoisotopic (exact) mass is 1160 g/mol. The molecule has 4 aromatic carbocycles. The van der Waals surface area contributed by atoms with E-state index in [2.05, 4.69) is 224 Å². The van der Waals surface area contributed by atoms with E-state index in [1.54, 1.807) is 0 Å². The van der Waals surface area contributed by atoms with Crippen LogP contribution < -0.4 is 0 Å². The van der Waals surface area contributed by atoms with Crippen LogP contribution in [0.15, 0.2) is 107 Å². The van der Waals surface area contributed by atoms with Crippen LogP contribution in [0, 0.1) is 12.8 Å². The molecule has 0 atom stereocenters. The zero-order chi connectivity index (χ0) is 59.6. The molecule has 0 heterocycles. The normalized spacial score (nSPS) is 12.0. The number of unbranched alkanes of at least 4 members (excludes halogenated alkanes) is 4. The summed E-state index contributed by atoms with van der Waals surface area (Å²) in [5, 5.41) is 9.93. The van der Waals surface area contributed by atoms with Gasteiger partial charge in [0.15, 0.2) is 0 Å². The Kier molecular flexibility index (Phi) is 35.3. The smallest absolute Gasteiger partial charge is 0.688 e. The van der Waals surface area contributed by atoms with Crippen molar-refractivity contribution in [2.24, 2.45) is 9.98 Å². The number of rotatable bonds is 30. The number of benzene rings is 4. The van der Waals surface area contributed by atoms with Crippen LogP contribution in [0.5, 0.6) is 0 Å². The van der Waals surface area contributed by atoms with Gasteiger partial charge in [-0.3, -0.25) is 23.1 Å². The molecule has 6 heteroatoms. The molecule has 0 saturated carbocycles. The summed E-state index contributed by atoms with van der Waals surface area (Å²) in [6.07, 6.45) is 15.1. The predicted molar refractivity (Wildman–Crippen MR) is 356 cm³/mol. The number of quaternary nitrogens is 1. The first kappa shape index (κ1) is 74.1. The third kappa shape index (κ3) is 24.1. The van der Waals surface area contributed by atoms with Gasteiger partial charge in [-0.25, -0.2) is 12.8 Å². The zero-order valence-corrected chi connectivity index (χ0v) is 58.3. The Labute approximate surface area is 520 Å². The molecule has 0 radical (unpaired) electrons. The quantitative estimate of drug-likeness (QED) is 0.0284. The minimum absolute atomic E-state index is 0. The average Bonchev–Trinajstić information content (AvgIpc) is 3.38. The molecule has 0 fully saturated rings. The van der Waals surface area contributed by atoms with E-state index in [1.807, 2.05) is 26.7 Å². The van der Waals surface area contributed by atoms with Crippen molar-refractivity contribution >= 4 is 34.2 Å². The van der Waals surface area contributed by atoms with Gasteiger partial charge in [0.1, 0.15) is 0 Å². The molecule has 0 aromatic heterocycles. The van der Waals surface area contributed by atoms with Gasteiger partial charge >= 0.3 is 32.7 Å². The van der Waals surface area contributed by atoms with Crippen LogP contribution in [0.2, 0.25) is 0 Å². The molecule has 4 aromatic rings. The van der Waals surface area contributed by atoms with Gasteiger partial charge < -0.3 is 26.5 Å². The van der Waals surface area contributed by atoms with Crippen molar-refractivity contribution in [1.82, 2.24) is 0 Å². The number of allylic oxidation sites excluding steroid dienone is 2. The van der Waals surface area contributed by atoms with Crippen LogP contribution in [0.4, 0.5) is 22.7 Å². The molecule has 0 aliphatic heterocycles. The van der Waals surface area contributed by atoms with E-state index in [0.717, 1.165) is 45.6 Å². The van der Waals surface area contributed by atoms with E-state index >= 15 is 0 Å². The fourth-order valence-corrected chi connectivity index (χ4v) is 10.5. The van der Waals surface area contributed by atoms with Gasteiger partial charge in [0.05, 0.1) is 37.6 Å². The maximum atomic E-state index is 5.04. The summed E-state index contributed by atoms with van der Waals surface area (Å²) in [6.45, 7) is 63.1. The predicted octanol–water partition coefficient (Wildman–Crippen LogP) is 24.4. The Bertz CT molecular complexity index is 2200. The van der Waals surface area contributed by atoms with Gasteiger partial charge in [0, 0.05) is 0 Å². The second-order valence-electron chi connectivity index (χ2n) is 25.0. The van der Waals surface area contributed by atoms with Crippen LogP contribution in [0.1, 0.15) is 296 Å². The van der Waals surface area contributed by atoms with Gasteiger partial charge in [-0.15, -0.1) is 11.4 Å². The Balaban J connectivity index is 0.000000624. The van der Waals surface area contributed by atoms with Crippen molar-refractivity contribution in [2.45, 2.75) is 251 Å². The van der Waals surface area contributed by atoms with Crippen molar-refractivity contribution in [3.8, 4) is 0 Å². The Hall–Kier alpha value is -3.90. The Morgan fingerprint density at radius 2 is 0.588 bits per heavy atom. The molecule has 0 bridgehead atoms. The number of aliphatic imine (C=N–C) groups is 2. The van der Waals surface area contributed by atoms with Gasteiger partial charge in [0.25, 0.3) is 0 Å². The molecule has 80 heavy (non-hydrogen) atoms. The molecule has 440 valence electrons. The second kappa shape index (κ2) is 38.1. The molecule has 5 nitrogen and oxygen atoms in total. The van der Waals surface area contributed by atoms with Gasteiger partial charge in [0.2, 0.25) is 0 Å². The first-order valence-corrected chi connectivity index (χ1v) is 31.3. The number of hydrogen-bond acceptors (Lipinski definition) is 2. The Morgan fingerprint density at radius 1 is 0.388 bits per heavy atom. The molecule has 0 saturated heterocycles. The topological polar surface area (TPSA) is 52.9 Å². The van der Waals surface area contributed by atoms with Gasteiger partial charge in [-0.05, 0) is 121 Å². The van der Waals surface area contributed by atoms with E-state index in [-0.39, 0.29) is 32.7 Å². The molecule has 0 spiro atoms. The van der Waals surface area contributed by atoms with Crippen LogP contribution in [-0.2, 0) is 32.7 Å². The van der Waals surface area contributed by atoms with E-state index in [0.29, 0.717) is 47.3 Å². The Morgan fingerprint density at radius 3 is 0.775 bits per heavy atom. The van der Waals surface area contributed by atoms with Crippen molar-refractivity contribution in [1.29, 1.82) is 0 Å². The maximum Gasteiger partial charge on any atom is 3.00 e. The summed E-state index contributed by atoms with van der Waals surface area (Å²) in [5.41, 5.74) is 17.9.